The van der Waals surface area contributed by atoms with E-state index in [9.17, 15) is 0 Å². The van der Waals surface area contributed by atoms with Crippen LogP contribution in [0, 0.1) is 6.92 Å². The zero-order chi connectivity index (χ0) is 8.85. The summed E-state index contributed by atoms with van der Waals surface area (Å²) in [5, 5.41) is 1.24. The topological polar surface area (TPSA) is 12.9 Å². The van der Waals surface area contributed by atoms with Crippen LogP contribution in [0.3, 0.4) is 0 Å². The molecule has 0 aromatic carbocycles. The highest BCUT2D eigenvalue weighted by atomic mass is 32.1. The summed E-state index contributed by atoms with van der Waals surface area (Å²) in [7, 11) is 0. The normalized spacial score (nSPS) is 9.27. The summed E-state index contributed by atoms with van der Waals surface area (Å²) in [6, 6.07) is 0. The van der Waals surface area contributed by atoms with E-state index >= 15 is 0 Å². The zero-order valence-electron chi connectivity index (χ0n) is 8.01. The first kappa shape index (κ1) is 10.6. The Balaban J connectivity index is 0.000000461. The summed E-state index contributed by atoms with van der Waals surface area (Å²) < 4.78 is 0. The van der Waals surface area contributed by atoms with Gasteiger partial charge in [0, 0.05) is 17.0 Å². The third-order valence-corrected chi connectivity index (χ3v) is 2.35. The van der Waals surface area contributed by atoms with E-state index in [0.717, 1.165) is 0 Å². The van der Waals surface area contributed by atoms with Crippen molar-refractivity contribution in [3.8, 4) is 0 Å². The second kappa shape index (κ2) is 5.30. The van der Waals surface area contributed by atoms with Gasteiger partial charge in [-0.1, -0.05) is 27.7 Å². The van der Waals surface area contributed by atoms with Gasteiger partial charge in [-0.3, -0.25) is 0 Å². The molecule has 0 bridgehead atoms. The molecule has 0 saturated heterocycles. The van der Waals surface area contributed by atoms with Gasteiger partial charge in [-0.05, 0) is 6.92 Å². The van der Waals surface area contributed by atoms with Crippen molar-refractivity contribution >= 4 is 11.3 Å². The molecule has 0 fully saturated rings. The van der Waals surface area contributed by atoms with Gasteiger partial charge in [0.15, 0.2) is 0 Å². The Labute approximate surface area is 73.5 Å². The summed E-state index contributed by atoms with van der Waals surface area (Å²) in [5.74, 6) is 0.587. The van der Waals surface area contributed by atoms with Gasteiger partial charge >= 0.3 is 0 Å². The fourth-order valence-corrected chi connectivity index (χ4v) is 1.42. The molecule has 0 amide bonds. The first-order valence-corrected chi connectivity index (χ1v) is 4.94. The Morgan fingerprint density at radius 2 is 1.91 bits per heavy atom. The molecule has 1 aromatic heterocycles. The van der Waals surface area contributed by atoms with Gasteiger partial charge in [-0.2, -0.15) is 0 Å². The van der Waals surface area contributed by atoms with E-state index in [0.29, 0.717) is 5.92 Å². The van der Waals surface area contributed by atoms with Gasteiger partial charge in [-0.25, -0.2) is 4.98 Å². The third-order valence-electron chi connectivity index (χ3n) is 1.13. The summed E-state index contributed by atoms with van der Waals surface area (Å²) >= 11 is 1.78. The molecule has 0 atom stereocenters. The minimum atomic E-state index is 0.587. The van der Waals surface area contributed by atoms with E-state index in [1.54, 1.807) is 11.3 Å². The highest BCUT2D eigenvalue weighted by molar-refractivity contribution is 7.11. The lowest BCUT2D eigenvalue weighted by Crippen LogP contribution is -1.81. The molecule has 64 valence electrons. The summed E-state index contributed by atoms with van der Waals surface area (Å²) in [4.78, 5) is 5.54. The quantitative estimate of drug-likeness (QED) is 0.629. The van der Waals surface area contributed by atoms with Crippen LogP contribution in [-0.4, -0.2) is 4.98 Å². The van der Waals surface area contributed by atoms with Crippen LogP contribution in [0.4, 0.5) is 0 Å². The van der Waals surface area contributed by atoms with Crippen molar-refractivity contribution in [2.75, 3.05) is 0 Å². The minimum absolute atomic E-state index is 0.587. The Bertz CT molecular complexity index is 191. The van der Waals surface area contributed by atoms with E-state index in [-0.39, 0.29) is 0 Å². The van der Waals surface area contributed by atoms with Crippen molar-refractivity contribution in [1.82, 2.24) is 4.98 Å². The van der Waals surface area contributed by atoms with E-state index in [1.807, 2.05) is 20.0 Å². The first-order valence-electron chi connectivity index (χ1n) is 4.12. The fourth-order valence-electron chi connectivity index (χ4n) is 0.639. The Hall–Kier alpha value is -0.370. The van der Waals surface area contributed by atoms with Crippen LogP contribution in [0.15, 0.2) is 6.20 Å². The SMILES string of the molecule is CC.Cc1cnc(C(C)C)s1. The lowest BCUT2D eigenvalue weighted by atomic mass is 10.2. The van der Waals surface area contributed by atoms with Gasteiger partial charge < -0.3 is 0 Å². The number of aryl methyl sites for hydroxylation is 1. The van der Waals surface area contributed by atoms with Crippen LogP contribution in [0.2, 0.25) is 0 Å². The minimum Gasteiger partial charge on any atom is -0.249 e. The molecule has 2 heteroatoms. The number of aromatic nitrogens is 1. The second-order valence-electron chi connectivity index (χ2n) is 2.46. The highest BCUT2D eigenvalue weighted by Crippen LogP contribution is 2.19. The molecule has 0 radical (unpaired) electrons. The van der Waals surface area contributed by atoms with Gasteiger partial charge in [0.25, 0.3) is 0 Å². The van der Waals surface area contributed by atoms with Crippen LogP contribution in [0.5, 0.6) is 0 Å². The number of thiazole rings is 1. The average molecular weight is 171 g/mol. The van der Waals surface area contributed by atoms with Gasteiger partial charge in [0.1, 0.15) is 0 Å². The zero-order valence-corrected chi connectivity index (χ0v) is 8.83. The van der Waals surface area contributed by atoms with Crippen molar-refractivity contribution in [2.45, 2.75) is 40.5 Å². The molecule has 0 aliphatic carbocycles. The van der Waals surface area contributed by atoms with Crippen LogP contribution in [-0.2, 0) is 0 Å². The largest absolute Gasteiger partial charge is 0.249 e. The molecule has 11 heavy (non-hydrogen) atoms. The van der Waals surface area contributed by atoms with Crippen molar-refractivity contribution < 1.29 is 0 Å². The van der Waals surface area contributed by atoms with Crippen LogP contribution >= 0.6 is 11.3 Å². The molecule has 1 rings (SSSR count). The number of hydrogen-bond acceptors (Lipinski definition) is 2. The molecule has 1 nitrogen and oxygen atoms in total. The summed E-state index contributed by atoms with van der Waals surface area (Å²) in [6.45, 7) is 10.4. The van der Waals surface area contributed by atoms with Crippen molar-refractivity contribution in [2.24, 2.45) is 0 Å². The molecular formula is C9H17NS. The average Bonchev–Trinajstić information content (AvgIpc) is 2.40. The van der Waals surface area contributed by atoms with Crippen LogP contribution in [0.1, 0.15) is 43.5 Å². The van der Waals surface area contributed by atoms with Crippen LogP contribution in [0.25, 0.3) is 0 Å². The maximum absolute atomic E-state index is 4.23. The van der Waals surface area contributed by atoms with Crippen molar-refractivity contribution in [3.05, 3.63) is 16.1 Å². The van der Waals surface area contributed by atoms with Gasteiger partial charge in [0.05, 0.1) is 5.01 Å². The summed E-state index contributed by atoms with van der Waals surface area (Å²) in [6.07, 6.45) is 1.93. The molecule has 1 heterocycles. The van der Waals surface area contributed by atoms with E-state index in [1.165, 1.54) is 9.88 Å². The van der Waals surface area contributed by atoms with Gasteiger partial charge in [0.2, 0.25) is 0 Å². The maximum atomic E-state index is 4.23. The van der Waals surface area contributed by atoms with E-state index in [2.05, 4.69) is 25.8 Å². The Morgan fingerprint density at radius 1 is 1.36 bits per heavy atom. The smallest absolute Gasteiger partial charge is 0.0952 e. The predicted molar refractivity (Wildman–Crippen MR) is 52.3 cm³/mol. The standard InChI is InChI=1S/C7H11NS.C2H6/c1-5(2)7-8-4-6(3)9-7;1-2/h4-5H,1-3H3;1-2H3. The van der Waals surface area contributed by atoms with Crippen molar-refractivity contribution in [1.29, 1.82) is 0 Å². The number of hydrogen-bond donors (Lipinski definition) is 0. The van der Waals surface area contributed by atoms with Crippen LogP contribution < -0.4 is 0 Å². The number of nitrogens with zero attached hydrogens (tertiary/aromatic N) is 1. The Kier molecular flexibility index (Phi) is 5.12. The van der Waals surface area contributed by atoms with E-state index in [4.69, 9.17) is 0 Å². The lowest BCUT2D eigenvalue weighted by molar-refractivity contribution is 0.852. The fraction of sp³-hybridized carbons (Fsp3) is 0.667. The molecule has 0 spiro atoms. The maximum Gasteiger partial charge on any atom is 0.0952 e. The van der Waals surface area contributed by atoms with Gasteiger partial charge in [-0.15, -0.1) is 11.3 Å². The number of rotatable bonds is 1. The third kappa shape index (κ3) is 3.51. The molecule has 1 aromatic rings. The second-order valence-corrected chi connectivity index (χ2v) is 3.73. The summed E-state index contributed by atoms with van der Waals surface area (Å²) in [5.41, 5.74) is 0. The predicted octanol–water partition coefficient (Wildman–Crippen LogP) is 3.60. The molecule has 0 N–H and O–H groups in total. The first-order chi connectivity index (χ1) is 5.20. The lowest BCUT2D eigenvalue weighted by Gasteiger charge is -1.94. The molecule has 0 saturated carbocycles. The highest BCUT2D eigenvalue weighted by Gasteiger charge is 2.01. The Morgan fingerprint density at radius 3 is 2.09 bits per heavy atom. The molecule has 0 aliphatic heterocycles. The molecular weight excluding hydrogens is 154 g/mol. The van der Waals surface area contributed by atoms with Crippen molar-refractivity contribution in [3.63, 3.8) is 0 Å². The van der Waals surface area contributed by atoms with E-state index < -0.39 is 0 Å². The molecule has 0 unspecified atom stereocenters. The monoisotopic (exact) mass is 171 g/mol. The molecule has 0 aliphatic rings.